The Labute approximate surface area is 183 Å². The number of aromatic amines is 1. The second-order valence-corrected chi connectivity index (χ2v) is 9.19. The second kappa shape index (κ2) is 6.58. The van der Waals surface area contributed by atoms with Crippen molar-refractivity contribution in [2.24, 2.45) is 14.1 Å². The topological polar surface area (TPSA) is 83.8 Å². The van der Waals surface area contributed by atoms with Crippen LogP contribution in [0.25, 0.3) is 33.1 Å². The van der Waals surface area contributed by atoms with Gasteiger partial charge in [-0.3, -0.25) is 14.0 Å². The van der Waals surface area contributed by atoms with Gasteiger partial charge in [-0.25, -0.2) is 0 Å². The van der Waals surface area contributed by atoms with Crippen molar-refractivity contribution < 1.29 is 0 Å². The molecule has 8 nitrogen and oxygen atoms in total. The Balaban J connectivity index is 1.44. The Kier molecular flexibility index (Phi) is 4.01. The lowest BCUT2D eigenvalue weighted by atomic mass is 9.79. The lowest BCUT2D eigenvalue weighted by Crippen LogP contribution is -2.62. The van der Waals surface area contributed by atoms with Crippen LogP contribution in [0.15, 0.2) is 29.3 Å². The van der Waals surface area contributed by atoms with Gasteiger partial charge in [-0.05, 0) is 31.9 Å². The van der Waals surface area contributed by atoms with Crippen molar-refractivity contribution in [2.75, 3.05) is 24.5 Å². The fourth-order valence-electron chi connectivity index (χ4n) is 5.07. The van der Waals surface area contributed by atoms with Gasteiger partial charge in [0.1, 0.15) is 5.65 Å². The molecule has 0 radical (unpaired) electrons. The summed E-state index contributed by atoms with van der Waals surface area (Å²) in [5.74, 6) is 0.717. The lowest BCUT2D eigenvalue weighted by molar-refractivity contribution is 0.163. The van der Waals surface area contributed by atoms with Crippen LogP contribution < -0.4 is 15.8 Å². The fraction of sp³-hybridized carbons (Fsp3) is 0.409. The maximum Gasteiger partial charge on any atom is 0.264 e. The lowest BCUT2D eigenvalue weighted by Gasteiger charge is -2.49. The van der Waals surface area contributed by atoms with Gasteiger partial charge in [-0.15, -0.1) is 0 Å². The number of nitrogens with one attached hydrogen (secondary N) is 2. The molecule has 2 aliphatic heterocycles. The van der Waals surface area contributed by atoms with Gasteiger partial charge in [-0.2, -0.15) is 10.1 Å². The number of H-pyrrole nitrogens is 1. The van der Waals surface area contributed by atoms with Gasteiger partial charge in [0.05, 0.1) is 15.9 Å². The average Bonchev–Trinajstić information content (AvgIpc) is 3.33. The highest BCUT2D eigenvalue weighted by molar-refractivity contribution is 6.38. The molecule has 1 spiro atoms. The van der Waals surface area contributed by atoms with E-state index in [2.05, 4.69) is 20.3 Å². The second-order valence-electron chi connectivity index (χ2n) is 8.81. The molecular formula is C22H24ClN7O. The number of hydrogen-bond acceptors (Lipinski definition) is 5. The molecule has 0 atom stereocenters. The number of aromatic nitrogens is 5. The van der Waals surface area contributed by atoms with E-state index in [0.717, 1.165) is 54.5 Å². The van der Waals surface area contributed by atoms with Gasteiger partial charge in [0.25, 0.3) is 5.56 Å². The molecule has 2 aliphatic rings. The maximum absolute atomic E-state index is 13.4. The number of fused-ring (bicyclic) bond motifs is 2. The van der Waals surface area contributed by atoms with Crippen molar-refractivity contribution in [1.82, 2.24) is 29.6 Å². The third kappa shape index (κ3) is 2.74. The monoisotopic (exact) mass is 437 g/mol. The number of piperidine rings is 1. The minimum absolute atomic E-state index is 0.0688. The first kappa shape index (κ1) is 18.9. The first-order valence-electron chi connectivity index (χ1n) is 10.7. The molecule has 2 saturated heterocycles. The van der Waals surface area contributed by atoms with E-state index in [9.17, 15) is 4.79 Å². The SMILES string of the molecule is Cn1cc2c(Cl)c(-c3c[nH]c4nc(N5CCC6(CCN6)CC5)n(C)c(=O)c34)ccc2n1. The summed E-state index contributed by atoms with van der Waals surface area (Å²) in [6.45, 7) is 2.91. The van der Waals surface area contributed by atoms with E-state index in [1.54, 1.807) is 16.3 Å². The highest BCUT2D eigenvalue weighted by atomic mass is 35.5. The number of rotatable bonds is 2. The van der Waals surface area contributed by atoms with Crippen LogP contribution in [0.2, 0.25) is 5.02 Å². The van der Waals surface area contributed by atoms with Crippen molar-refractivity contribution in [3.63, 3.8) is 0 Å². The molecule has 2 fully saturated rings. The summed E-state index contributed by atoms with van der Waals surface area (Å²) < 4.78 is 3.41. The predicted octanol–water partition coefficient (Wildman–Crippen LogP) is 2.80. The van der Waals surface area contributed by atoms with Gasteiger partial charge in [-0.1, -0.05) is 17.7 Å². The predicted molar refractivity (Wildman–Crippen MR) is 123 cm³/mol. The highest BCUT2D eigenvalue weighted by Gasteiger charge is 2.39. The van der Waals surface area contributed by atoms with Gasteiger partial charge < -0.3 is 15.2 Å². The summed E-state index contributed by atoms with van der Waals surface area (Å²) in [6, 6.07) is 3.85. The first-order chi connectivity index (χ1) is 15.0. The normalized spacial score (nSPS) is 18.2. The third-order valence-electron chi connectivity index (χ3n) is 7.02. The summed E-state index contributed by atoms with van der Waals surface area (Å²) in [4.78, 5) is 23.7. The molecule has 6 rings (SSSR count). The van der Waals surface area contributed by atoms with Crippen molar-refractivity contribution in [3.8, 4) is 11.1 Å². The molecule has 4 aromatic rings. The number of anilines is 1. The first-order valence-corrected chi connectivity index (χ1v) is 11.0. The van der Waals surface area contributed by atoms with Gasteiger partial charge in [0.15, 0.2) is 0 Å². The van der Waals surface area contributed by atoms with Crippen LogP contribution in [-0.2, 0) is 14.1 Å². The van der Waals surface area contributed by atoms with Crippen molar-refractivity contribution in [1.29, 1.82) is 0 Å². The molecule has 0 unspecified atom stereocenters. The number of nitrogens with zero attached hydrogens (tertiary/aromatic N) is 5. The van der Waals surface area contributed by atoms with E-state index in [4.69, 9.17) is 16.6 Å². The maximum atomic E-state index is 13.4. The van der Waals surface area contributed by atoms with E-state index in [-0.39, 0.29) is 5.56 Å². The number of benzene rings is 1. The van der Waals surface area contributed by atoms with E-state index >= 15 is 0 Å². The van der Waals surface area contributed by atoms with Crippen LogP contribution in [0.4, 0.5) is 5.95 Å². The highest BCUT2D eigenvalue weighted by Crippen LogP contribution is 2.37. The molecule has 5 heterocycles. The molecule has 0 bridgehead atoms. The van der Waals surface area contributed by atoms with Crippen LogP contribution in [0.3, 0.4) is 0 Å². The molecule has 160 valence electrons. The molecule has 31 heavy (non-hydrogen) atoms. The standard InChI is InChI=1S/C22H24ClN7O/c1-28-12-15-16(27-28)4-3-13(18(15)23)14-11-24-19-17(14)20(31)29(2)21(26-19)30-9-6-22(7-10-30)5-8-25-22/h3-4,11-12,24-25H,5-10H2,1-2H3. The molecule has 0 amide bonds. The minimum Gasteiger partial charge on any atom is -0.345 e. The van der Waals surface area contributed by atoms with Crippen LogP contribution >= 0.6 is 11.6 Å². The van der Waals surface area contributed by atoms with Crippen LogP contribution in [0.1, 0.15) is 19.3 Å². The van der Waals surface area contributed by atoms with E-state index in [0.29, 0.717) is 27.5 Å². The summed E-state index contributed by atoms with van der Waals surface area (Å²) >= 11 is 6.73. The van der Waals surface area contributed by atoms with Crippen molar-refractivity contribution >= 4 is 39.5 Å². The summed E-state index contributed by atoms with van der Waals surface area (Å²) in [5.41, 5.74) is 3.23. The number of aryl methyl sites for hydroxylation is 1. The smallest absolute Gasteiger partial charge is 0.264 e. The van der Waals surface area contributed by atoms with Crippen molar-refractivity contribution in [2.45, 2.75) is 24.8 Å². The van der Waals surface area contributed by atoms with Gasteiger partial charge in [0, 0.05) is 61.6 Å². The number of halogens is 1. The largest absolute Gasteiger partial charge is 0.345 e. The Morgan fingerprint density at radius 2 is 1.90 bits per heavy atom. The zero-order valence-corrected chi connectivity index (χ0v) is 18.3. The third-order valence-corrected chi connectivity index (χ3v) is 7.43. The quantitative estimate of drug-likeness (QED) is 0.503. The van der Waals surface area contributed by atoms with E-state index in [1.165, 1.54) is 6.42 Å². The summed E-state index contributed by atoms with van der Waals surface area (Å²) in [5, 5.41) is 10.0. The van der Waals surface area contributed by atoms with Crippen LogP contribution in [0.5, 0.6) is 0 Å². The molecule has 9 heteroatoms. The minimum atomic E-state index is -0.0688. The molecule has 0 saturated carbocycles. The Morgan fingerprint density at radius 1 is 1.13 bits per heavy atom. The Morgan fingerprint density at radius 3 is 2.61 bits per heavy atom. The zero-order valence-electron chi connectivity index (χ0n) is 17.6. The summed E-state index contributed by atoms with van der Waals surface area (Å²) in [6.07, 6.45) is 7.13. The van der Waals surface area contributed by atoms with E-state index < -0.39 is 0 Å². The molecule has 1 aromatic carbocycles. The molecule has 0 aliphatic carbocycles. The molecule has 3 aromatic heterocycles. The van der Waals surface area contributed by atoms with Crippen molar-refractivity contribution in [3.05, 3.63) is 39.9 Å². The fourth-order valence-corrected chi connectivity index (χ4v) is 5.38. The van der Waals surface area contributed by atoms with Crippen LogP contribution in [0, 0.1) is 0 Å². The van der Waals surface area contributed by atoms with Gasteiger partial charge in [0.2, 0.25) is 5.95 Å². The van der Waals surface area contributed by atoms with Crippen LogP contribution in [-0.4, -0.2) is 49.5 Å². The van der Waals surface area contributed by atoms with E-state index in [1.807, 2.05) is 31.6 Å². The molecule has 2 N–H and O–H groups in total. The Bertz CT molecular complexity index is 1380. The van der Waals surface area contributed by atoms with Gasteiger partial charge >= 0.3 is 0 Å². The summed E-state index contributed by atoms with van der Waals surface area (Å²) in [7, 11) is 3.67. The molecular weight excluding hydrogens is 414 g/mol. The Hall–Kier alpha value is -2.84. The number of hydrogen-bond donors (Lipinski definition) is 2. The zero-order chi connectivity index (χ0) is 21.3. The average molecular weight is 438 g/mol.